The zero-order chi connectivity index (χ0) is 19.1. The van der Waals surface area contributed by atoms with Gasteiger partial charge in [-0.1, -0.05) is 37.3 Å². The topological polar surface area (TPSA) is 63.2 Å². The molecule has 3 aromatic rings. The lowest BCUT2D eigenvalue weighted by atomic mass is 10.1. The first-order chi connectivity index (χ1) is 13.2. The van der Waals surface area contributed by atoms with Crippen LogP contribution in [0.2, 0.25) is 0 Å². The molecule has 0 saturated heterocycles. The fourth-order valence-electron chi connectivity index (χ4n) is 2.70. The van der Waals surface area contributed by atoms with Gasteiger partial charge in [-0.3, -0.25) is 4.79 Å². The summed E-state index contributed by atoms with van der Waals surface area (Å²) in [6.45, 7) is 2.71. The van der Waals surface area contributed by atoms with Crippen molar-refractivity contribution in [3.8, 4) is 5.75 Å². The molecule has 5 heteroatoms. The van der Waals surface area contributed by atoms with E-state index >= 15 is 0 Å². The van der Waals surface area contributed by atoms with Crippen LogP contribution in [0.4, 0.5) is 11.4 Å². The third-order valence-corrected chi connectivity index (χ3v) is 4.29. The Morgan fingerprint density at radius 2 is 1.74 bits per heavy atom. The van der Waals surface area contributed by atoms with Gasteiger partial charge in [0.25, 0.3) is 5.91 Å². The van der Waals surface area contributed by atoms with Crippen molar-refractivity contribution >= 4 is 17.3 Å². The third-order valence-electron chi connectivity index (χ3n) is 4.29. The number of hydrogen-bond donors (Lipinski definition) is 2. The van der Waals surface area contributed by atoms with Crippen LogP contribution in [0.5, 0.6) is 5.75 Å². The van der Waals surface area contributed by atoms with Crippen LogP contribution < -0.4 is 15.4 Å². The molecule has 0 atom stereocenters. The van der Waals surface area contributed by atoms with Gasteiger partial charge in [-0.05, 0) is 42.3 Å². The van der Waals surface area contributed by atoms with Crippen LogP contribution in [-0.2, 0) is 13.0 Å². The quantitative estimate of drug-likeness (QED) is 0.650. The molecule has 0 fully saturated rings. The Labute approximate surface area is 159 Å². The summed E-state index contributed by atoms with van der Waals surface area (Å²) in [5, 5.41) is 6.15. The Balaban J connectivity index is 1.59. The van der Waals surface area contributed by atoms with Crippen LogP contribution in [0.1, 0.15) is 28.5 Å². The fourth-order valence-corrected chi connectivity index (χ4v) is 2.70. The van der Waals surface area contributed by atoms with E-state index in [2.05, 4.69) is 22.5 Å². The van der Waals surface area contributed by atoms with Crippen LogP contribution in [0, 0.1) is 0 Å². The molecule has 3 rings (SSSR count). The highest BCUT2D eigenvalue weighted by Gasteiger charge is 2.08. The number of pyridine rings is 1. The third kappa shape index (κ3) is 4.85. The molecule has 138 valence electrons. The maximum atomic E-state index is 12.3. The van der Waals surface area contributed by atoms with Gasteiger partial charge in [-0.25, -0.2) is 4.98 Å². The van der Waals surface area contributed by atoms with Crippen molar-refractivity contribution in [2.24, 2.45) is 0 Å². The van der Waals surface area contributed by atoms with E-state index in [9.17, 15) is 4.79 Å². The van der Waals surface area contributed by atoms with Crippen LogP contribution in [0.15, 0.2) is 66.9 Å². The van der Waals surface area contributed by atoms with Crippen LogP contribution >= 0.6 is 0 Å². The van der Waals surface area contributed by atoms with E-state index in [1.165, 1.54) is 5.56 Å². The molecular weight excluding hydrogens is 338 g/mol. The minimum absolute atomic E-state index is 0.226. The Morgan fingerprint density at radius 1 is 1.00 bits per heavy atom. The average molecular weight is 361 g/mol. The van der Waals surface area contributed by atoms with Crippen LogP contribution in [0.3, 0.4) is 0 Å². The van der Waals surface area contributed by atoms with Crippen molar-refractivity contribution in [1.29, 1.82) is 0 Å². The monoisotopic (exact) mass is 361 g/mol. The van der Waals surface area contributed by atoms with Gasteiger partial charge < -0.3 is 15.4 Å². The first-order valence-corrected chi connectivity index (χ1v) is 8.91. The number of nitrogens with zero attached hydrogens (tertiary/aromatic N) is 1. The zero-order valence-corrected chi connectivity index (χ0v) is 15.5. The highest BCUT2D eigenvalue weighted by Crippen LogP contribution is 2.19. The lowest BCUT2D eigenvalue weighted by Gasteiger charge is -2.10. The second kappa shape index (κ2) is 8.85. The first-order valence-electron chi connectivity index (χ1n) is 8.91. The van der Waals surface area contributed by atoms with Gasteiger partial charge in [0, 0.05) is 17.8 Å². The Morgan fingerprint density at radius 3 is 2.41 bits per heavy atom. The average Bonchev–Trinajstić information content (AvgIpc) is 2.73. The highest BCUT2D eigenvalue weighted by molar-refractivity contribution is 6.02. The molecule has 2 aromatic carbocycles. The largest absolute Gasteiger partial charge is 0.496 e. The zero-order valence-electron chi connectivity index (χ0n) is 15.5. The van der Waals surface area contributed by atoms with E-state index in [-0.39, 0.29) is 5.91 Å². The maximum absolute atomic E-state index is 12.3. The summed E-state index contributed by atoms with van der Waals surface area (Å²) in [6.07, 6.45) is 2.63. The summed E-state index contributed by atoms with van der Waals surface area (Å²) >= 11 is 0. The number of aromatic nitrogens is 1. The number of para-hydroxylation sites is 1. The minimum atomic E-state index is -0.226. The molecule has 1 heterocycles. The second-order valence-electron chi connectivity index (χ2n) is 6.10. The van der Waals surface area contributed by atoms with Crippen molar-refractivity contribution in [2.75, 3.05) is 17.7 Å². The van der Waals surface area contributed by atoms with Gasteiger partial charge in [0.05, 0.1) is 19.0 Å². The van der Waals surface area contributed by atoms with Crippen LogP contribution in [-0.4, -0.2) is 18.0 Å². The van der Waals surface area contributed by atoms with Crippen molar-refractivity contribution in [3.05, 3.63) is 83.7 Å². The van der Waals surface area contributed by atoms with Crippen molar-refractivity contribution in [1.82, 2.24) is 4.98 Å². The van der Waals surface area contributed by atoms with Crippen molar-refractivity contribution in [2.45, 2.75) is 19.9 Å². The van der Waals surface area contributed by atoms with Gasteiger partial charge in [0.2, 0.25) is 0 Å². The molecule has 1 amide bonds. The Kier molecular flexibility index (Phi) is 6.05. The maximum Gasteiger partial charge on any atom is 0.274 e. The van der Waals surface area contributed by atoms with Crippen molar-refractivity contribution < 1.29 is 9.53 Å². The molecule has 0 spiro atoms. The van der Waals surface area contributed by atoms with E-state index in [1.807, 2.05) is 54.6 Å². The van der Waals surface area contributed by atoms with Crippen LogP contribution in [0.25, 0.3) is 0 Å². The smallest absolute Gasteiger partial charge is 0.274 e. The molecule has 0 radical (unpaired) electrons. The number of amides is 1. The highest BCUT2D eigenvalue weighted by atomic mass is 16.5. The van der Waals surface area contributed by atoms with E-state index < -0.39 is 0 Å². The molecule has 0 aliphatic rings. The molecule has 0 saturated carbocycles. The summed E-state index contributed by atoms with van der Waals surface area (Å²) in [4.78, 5) is 16.6. The summed E-state index contributed by atoms with van der Waals surface area (Å²) in [5.74, 6) is 0.610. The summed E-state index contributed by atoms with van der Waals surface area (Å²) in [7, 11) is 1.66. The second-order valence-corrected chi connectivity index (χ2v) is 6.10. The SMILES string of the molecule is CCc1ccc(NC(=O)c2ccc(NCc3ccccc3OC)cn2)cc1. The molecule has 0 aliphatic heterocycles. The summed E-state index contributed by atoms with van der Waals surface area (Å²) in [5.41, 5.74) is 4.26. The molecule has 1 aromatic heterocycles. The lowest BCUT2D eigenvalue weighted by Crippen LogP contribution is -2.13. The minimum Gasteiger partial charge on any atom is -0.496 e. The van der Waals surface area contributed by atoms with Gasteiger partial charge in [0.15, 0.2) is 0 Å². The number of ether oxygens (including phenoxy) is 1. The van der Waals surface area contributed by atoms with Gasteiger partial charge in [0.1, 0.15) is 11.4 Å². The lowest BCUT2D eigenvalue weighted by molar-refractivity contribution is 0.102. The number of carbonyl (C=O) groups excluding carboxylic acids is 1. The number of aryl methyl sites for hydroxylation is 1. The predicted octanol–water partition coefficient (Wildman–Crippen LogP) is 4.52. The molecule has 0 bridgehead atoms. The Hall–Kier alpha value is -3.34. The fraction of sp³-hybridized carbons (Fsp3) is 0.182. The molecule has 2 N–H and O–H groups in total. The van der Waals surface area contributed by atoms with Gasteiger partial charge in [-0.2, -0.15) is 0 Å². The standard InChI is InChI=1S/C22H23N3O2/c1-3-16-8-10-18(11-9-16)25-22(26)20-13-12-19(15-24-20)23-14-17-6-4-5-7-21(17)27-2/h4-13,15,23H,3,14H2,1-2H3,(H,25,26). The van der Waals surface area contributed by atoms with E-state index in [0.29, 0.717) is 12.2 Å². The van der Waals surface area contributed by atoms with Gasteiger partial charge in [-0.15, -0.1) is 0 Å². The van der Waals surface area contributed by atoms with Gasteiger partial charge >= 0.3 is 0 Å². The number of anilines is 2. The summed E-state index contributed by atoms with van der Waals surface area (Å²) < 4.78 is 5.35. The number of methoxy groups -OCH3 is 1. The first kappa shape index (κ1) is 18.5. The molecular formula is C22H23N3O2. The predicted molar refractivity (Wildman–Crippen MR) is 108 cm³/mol. The number of nitrogens with one attached hydrogen (secondary N) is 2. The molecule has 5 nitrogen and oxygen atoms in total. The Bertz CT molecular complexity index is 890. The molecule has 0 aliphatic carbocycles. The summed E-state index contributed by atoms with van der Waals surface area (Å²) in [6, 6.07) is 19.2. The normalized spacial score (nSPS) is 10.3. The van der Waals surface area contributed by atoms with Crippen molar-refractivity contribution in [3.63, 3.8) is 0 Å². The number of carbonyl (C=O) groups is 1. The van der Waals surface area contributed by atoms with E-state index in [4.69, 9.17) is 4.74 Å². The van der Waals surface area contributed by atoms with E-state index in [1.54, 1.807) is 19.4 Å². The van der Waals surface area contributed by atoms with E-state index in [0.717, 1.165) is 29.1 Å². The number of benzene rings is 2. The number of hydrogen-bond acceptors (Lipinski definition) is 4. The number of rotatable bonds is 7. The molecule has 0 unspecified atom stereocenters. The molecule has 27 heavy (non-hydrogen) atoms.